The van der Waals surface area contributed by atoms with Gasteiger partial charge in [0.1, 0.15) is 0 Å². The molecular weight excluding hydrogens is 222 g/mol. The number of likely N-dealkylation sites (tertiary alicyclic amines) is 1. The van der Waals surface area contributed by atoms with Crippen LogP contribution >= 0.6 is 24.4 Å². The van der Waals surface area contributed by atoms with Gasteiger partial charge in [-0.05, 0) is 12.0 Å². The van der Waals surface area contributed by atoms with Crippen molar-refractivity contribution in [2.24, 2.45) is 0 Å². The molecule has 0 unspecified atom stereocenters. The van der Waals surface area contributed by atoms with Gasteiger partial charge in [-0.25, -0.2) is 0 Å². The molecule has 1 heterocycles. The maximum Gasteiger partial charge on any atom is 0.0831 e. The molecule has 0 amide bonds. The molecule has 1 aromatic rings. The second kappa shape index (κ2) is 4.81. The Morgan fingerprint density at radius 3 is 2.20 bits per heavy atom. The lowest BCUT2D eigenvalue weighted by Gasteiger charge is -2.17. The molecule has 0 radical (unpaired) electrons. The molecule has 0 saturated carbocycles. The standard InChI is InChI=1S/C12H13NS2/c14-11-6-7-12(15)13(11)9-8-10-4-2-1-3-5-10/h1-5H,6-9H2. The smallest absolute Gasteiger partial charge is 0.0831 e. The number of thiocarbonyl (C=S) groups is 2. The topological polar surface area (TPSA) is 3.24 Å². The predicted octanol–water partition coefficient (Wildman–Crippen LogP) is 2.98. The zero-order valence-electron chi connectivity index (χ0n) is 8.48. The van der Waals surface area contributed by atoms with Crippen LogP contribution in [0.2, 0.25) is 0 Å². The first kappa shape index (κ1) is 10.7. The van der Waals surface area contributed by atoms with E-state index < -0.39 is 0 Å². The summed E-state index contributed by atoms with van der Waals surface area (Å²) in [4.78, 5) is 4.13. The van der Waals surface area contributed by atoms with Gasteiger partial charge in [-0.15, -0.1) is 0 Å². The summed E-state index contributed by atoms with van der Waals surface area (Å²) in [5.41, 5.74) is 1.34. The Bertz CT molecular complexity index is 356. The lowest BCUT2D eigenvalue weighted by Crippen LogP contribution is -2.28. The van der Waals surface area contributed by atoms with E-state index in [4.69, 9.17) is 24.4 Å². The van der Waals surface area contributed by atoms with E-state index in [2.05, 4.69) is 29.2 Å². The summed E-state index contributed by atoms with van der Waals surface area (Å²) >= 11 is 10.5. The molecular formula is C12H13NS2. The highest BCUT2D eigenvalue weighted by Crippen LogP contribution is 2.15. The third kappa shape index (κ3) is 2.61. The highest BCUT2D eigenvalue weighted by Gasteiger charge is 2.21. The Morgan fingerprint density at radius 2 is 1.60 bits per heavy atom. The average molecular weight is 235 g/mol. The average Bonchev–Trinajstić information content (AvgIpc) is 2.58. The zero-order valence-corrected chi connectivity index (χ0v) is 10.1. The van der Waals surface area contributed by atoms with Gasteiger partial charge in [0.05, 0.1) is 9.98 Å². The van der Waals surface area contributed by atoms with Gasteiger partial charge in [0.25, 0.3) is 0 Å². The van der Waals surface area contributed by atoms with Crippen LogP contribution in [0.1, 0.15) is 18.4 Å². The fraction of sp³-hybridized carbons (Fsp3) is 0.333. The minimum atomic E-state index is 0.932. The van der Waals surface area contributed by atoms with Crippen LogP contribution in [0.4, 0.5) is 0 Å². The van der Waals surface area contributed by atoms with Crippen LogP contribution < -0.4 is 0 Å². The van der Waals surface area contributed by atoms with Gasteiger partial charge in [0.2, 0.25) is 0 Å². The molecule has 0 aliphatic carbocycles. The van der Waals surface area contributed by atoms with E-state index >= 15 is 0 Å². The molecule has 0 aromatic heterocycles. The van der Waals surface area contributed by atoms with E-state index in [0.717, 1.165) is 35.8 Å². The summed E-state index contributed by atoms with van der Waals surface area (Å²) in [6, 6.07) is 10.4. The van der Waals surface area contributed by atoms with E-state index in [1.807, 2.05) is 6.07 Å². The van der Waals surface area contributed by atoms with E-state index in [1.165, 1.54) is 5.56 Å². The normalized spacial score (nSPS) is 16.1. The van der Waals surface area contributed by atoms with E-state index in [9.17, 15) is 0 Å². The van der Waals surface area contributed by atoms with Crippen molar-refractivity contribution in [1.82, 2.24) is 4.90 Å². The van der Waals surface area contributed by atoms with Gasteiger partial charge in [0.15, 0.2) is 0 Å². The van der Waals surface area contributed by atoms with E-state index in [0.29, 0.717) is 0 Å². The molecule has 0 bridgehead atoms. The van der Waals surface area contributed by atoms with Gasteiger partial charge in [0, 0.05) is 19.4 Å². The van der Waals surface area contributed by atoms with Crippen LogP contribution in [0.15, 0.2) is 30.3 Å². The van der Waals surface area contributed by atoms with Crippen LogP contribution in [-0.4, -0.2) is 21.4 Å². The molecule has 0 atom stereocenters. The molecule has 15 heavy (non-hydrogen) atoms. The van der Waals surface area contributed by atoms with Crippen LogP contribution in [0.3, 0.4) is 0 Å². The van der Waals surface area contributed by atoms with Crippen LogP contribution in [0.5, 0.6) is 0 Å². The maximum atomic E-state index is 5.27. The van der Waals surface area contributed by atoms with Crippen molar-refractivity contribution in [2.75, 3.05) is 6.54 Å². The fourth-order valence-corrected chi connectivity index (χ4v) is 2.42. The van der Waals surface area contributed by atoms with Crippen molar-refractivity contribution in [2.45, 2.75) is 19.3 Å². The molecule has 2 rings (SSSR count). The van der Waals surface area contributed by atoms with Crippen molar-refractivity contribution >= 4 is 34.4 Å². The van der Waals surface area contributed by atoms with Gasteiger partial charge in [-0.3, -0.25) is 0 Å². The van der Waals surface area contributed by atoms with Crippen LogP contribution in [0, 0.1) is 0 Å². The minimum Gasteiger partial charge on any atom is -0.330 e. The number of rotatable bonds is 3. The van der Waals surface area contributed by atoms with Gasteiger partial charge < -0.3 is 4.90 Å². The Hall–Kier alpha value is -0.800. The summed E-state index contributed by atoms with van der Waals surface area (Å²) in [7, 11) is 0. The maximum absolute atomic E-state index is 5.27. The molecule has 1 saturated heterocycles. The molecule has 0 spiro atoms. The minimum absolute atomic E-state index is 0.932. The molecule has 1 aromatic carbocycles. The van der Waals surface area contributed by atoms with E-state index in [-0.39, 0.29) is 0 Å². The second-order valence-electron chi connectivity index (χ2n) is 3.67. The van der Waals surface area contributed by atoms with Gasteiger partial charge in [-0.2, -0.15) is 0 Å². The SMILES string of the molecule is S=C1CCC(=S)N1CCc1ccccc1. The second-order valence-corrected chi connectivity index (χ2v) is 4.62. The summed E-state index contributed by atoms with van der Waals surface area (Å²) in [6.45, 7) is 0.932. The van der Waals surface area contributed by atoms with Gasteiger partial charge >= 0.3 is 0 Å². The van der Waals surface area contributed by atoms with Crippen molar-refractivity contribution in [1.29, 1.82) is 0 Å². The quantitative estimate of drug-likeness (QED) is 0.742. The number of nitrogens with zero attached hydrogens (tertiary/aromatic N) is 1. The van der Waals surface area contributed by atoms with Crippen molar-refractivity contribution in [3.8, 4) is 0 Å². The first-order chi connectivity index (χ1) is 7.27. The molecule has 3 heteroatoms. The van der Waals surface area contributed by atoms with Gasteiger partial charge in [-0.1, -0.05) is 54.8 Å². The molecule has 0 N–H and O–H groups in total. The number of hydrogen-bond donors (Lipinski definition) is 0. The summed E-state index contributed by atoms with van der Waals surface area (Å²) < 4.78 is 0. The Balaban J connectivity index is 1.93. The largest absolute Gasteiger partial charge is 0.330 e. The van der Waals surface area contributed by atoms with E-state index in [1.54, 1.807) is 0 Å². The summed E-state index contributed by atoms with van der Waals surface area (Å²) in [6.07, 6.45) is 2.94. The third-order valence-corrected chi connectivity index (χ3v) is 3.47. The Kier molecular flexibility index (Phi) is 3.44. The highest BCUT2D eigenvalue weighted by atomic mass is 32.1. The first-order valence-electron chi connectivity index (χ1n) is 5.14. The Morgan fingerprint density at radius 1 is 1.00 bits per heavy atom. The number of hydrogen-bond acceptors (Lipinski definition) is 2. The highest BCUT2D eigenvalue weighted by molar-refractivity contribution is 7.82. The third-order valence-electron chi connectivity index (χ3n) is 2.62. The summed E-state index contributed by atoms with van der Waals surface area (Å²) in [5, 5.41) is 0. The first-order valence-corrected chi connectivity index (χ1v) is 5.96. The van der Waals surface area contributed by atoms with Crippen molar-refractivity contribution < 1.29 is 0 Å². The molecule has 1 aliphatic rings. The molecule has 78 valence electrons. The predicted molar refractivity (Wildman–Crippen MR) is 71.3 cm³/mol. The lowest BCUT2D eigenvalue weighted by molar-refractivity contribution is 0.631. The van der Waals surface area contributed by atoms with Crippen molar-refractivity contribution in [3.63, 3.8) is 0 Å². The van der Waals surface area contributed by atoms with Crippen LogP contribution in [-0.2, 0) is 6.42 Å². The van der Waals surface area contributed by atoms with Crippen LogP contribution in [0.25, 0.3) is 0 Å². The zero-order chi connectivity index (χ0) is 10.7. The van der Waals surface area contributed by atoms with Crippen molar-refractivity contribution in [3.05, 3.63) is 35.9 Å². The monoisotopic (exact) mass is 235 g/mol. The summed E-state index contributed by atoms with van der Waals surface area (Å²) in [5.74, 6) is 0. The molecule has 1 fully saturated rings. The molecule has 1 nitrogen and oxygen atoms in total. The number of benzene rings is 1. The fourth-order valence-electron chi connectivity index (χ4n) is 1.76. The Labute approximate surface area is 101 Å². The lowest BCUT2D eigenvalue weighted by atomic mass is 10.1. The molecule has 1 aliphatic heterocycles.